The molecule has 0 aliphatic heterocycles. The summed E-state index contributed by atoms with van der Waals surface area (Å²) in [5.41, 5.74) is 18.1. The number of nitrogens with two attached hydrogens (primary N) is 3. The largest absolute Gasteiger partial charge is 0.370 e. The topological polar surface area (TPSA) is 464 Å². The van der Waals surface area contributed by atoms with E-state index in [0.717, 1.165) is 0 Å². The van der Waals surface area contributed by atoms with Crippen LogP contribution in [0.15, 0.2) is 55.5 Å². The van der Waals surface area contributed by atoms with E-state index in [2.05, 4.69) is 72.8 Å². The van der Waals surface area contributed by atoms with E-state index in [1.165, 1.54) is 43.7 Å². The summed E-state index contributed by atoms with van der Waals surface area (Å²) >= 11 is 1.38. The number of rotatable bonds is 34. The molecule has 29 nitrogen and oxygen atoms in total. The summed E-state index contributed by atoms with van der Waals surface area (Å²) in [5, 5.41) is 23.6. The van der Waals surface area contributed by atoms with Crippen molar-refractivity contribution in [1.82, 2.24) is 72.8 Å². The van der Waals surface area contributed by atoms with Crippen LogP contribution in [0.2, 0.25) is 0 Å². The number of primary amides is 2. The number of Topliss-reactive ketones (excluding diaryl/α,β-unsaturated/α-hetero) is 1. The van der Waals surface area contributed by atoms with Crippen LogP contribution in [0, 0.1) is 11.8 Å². The molecule has 1 aromatic carbocycles. The maximum Gasteiger partial charge on any atom is 0.287 e. The molecule has 0 unspecified atom stereocenters. The first-order chi connectivity index (χ1) is 38.4. The van der Waals surface area contributed by atoms with Crippen molar-refractivity contribution in [2.24, 2.45) is 29.0 Å². The number of carbonyl (C=O) groups is 12. The molecule has 18 N–H and O–H groups in total. The highest BCUT2D eigenvalue weighted by atomic mass is 32.2. The van der Waals surface area contributed by atoms with Crippen LogP contribution in [0.5, 0.6) is 0 Å². The highest BCUT2D eigenvalue weighted by molar-refractivity contribution is 7.98. The molecule has 4 rings (SSSR count). The molecule has 440 valence electrons. The molecule has 0 radical (unpaired) electrons. The van der Waals surface area contributed by atoms with Gasteiger partial charge in [-0.2, -0.15) is 11.8 Å². The summed E-state index contributed by atoms with van der Waals surface area (Å²) < 4.78 is 0. The third-order valence-corrected chi connectivity index (χ3v) is 13.1. The second-order valence-corrected chi connectivity index (χ2v) is 20.8. The van der Waals surface area contributed by atoms with Crippen molar-refractivity contribution in [3.8, 4) is 0 Å². The number of fused-ring (bicyclic) bond motifs is 1. The molecule has 4 aromatic rings. The number of H-pyrrole nitrogens is 3. The summed E-state index contributed by atoms with van der Waals surface area (Å²) in [6.45, 7) is 6.95. The molecule has 3 heterocycles. The van der Waals surface area contributed by atoms with Crippen molar-refractivity contribution >= 4 is 93.4 Å². The van der Waals surface area contributed by atoms with Gasteiger partial charge in [-0.05, 0) is 55.2 Å². The monoisotopic (exact) mass is 1150 g/mol. The average Bonchev–Trinajstić information content (AvgIpc) is 4.23. The zero-order chi connectivity index (χ0) is 59.9. The van der Waals surface area contributed by atoms with Gasteiger partial charge in [-0.25, -0.2) is 9.97 Å². The van der Waals surface area contributed by atoms with Gasteiger partial charge in [-0.3, -0.25) is 57.5 Å². The van der Waals surface area contributed by atoms with E-state index in [9.17, 15) is 57.5 Å². The molecule has 8 atom stereocenters. The van der Waals surface area contributed by atoms with Crippen molar-refractivity contribution in [3.05, 3.63) is 72.5 Å². The zero-order valence-electron chi connectivity index (χ0n) is 45.8. The van der Waals surface area contributed by atoms with Gasteiger partial charge >= 0.3 is 0 Å². The molecule has 0 spiro atoms. The number of carbonyl (C=O) groups excluding carboxylic acids is 12. The summed E-state index contributed by atoms with van der Waals surface area (Å²) in [5.74, 6) is -11.1. The van der Waals surface area contributed by atoms with Crippen molar-refractivity contribution in [3.63, 3.8) is 0 Å². The Bertz CT molecular complexity index is 2840. The lowest BCUT2D eigenvalue weighted by Crippen LogP contribution is -2.60. The van der Waals surface area contributed by atoms with E-state index >= 15 is 0 Å². The normalized spacial score (nSPS) is 14.1. The van der Waals surface area contributed by atoms with Crippen molar-refractivity contribution < 1.29 is 57.5 Å². The molecule has 0 aliphatic rings. The van der Waals surface area contributed by atoms with Crippen LogP contribution < -0.4 is 65.1 Å². The quantitative estimate of drug-likeness (QED) is 0.0198. The first-order valence-corrected chi connectivity index (χ1v) is 27.3. The highest BCUT2D eigenvalue weighted by Gasteiger charge is 2.35. The Morgan fingerprint density at radius 1 is 0.593 bits per heavy atom. The summed E-state index contributed by atoms with van der Waals surface area (Å²) in [6.07, 6.45) is 7.97. The van der Waals surface area contributed by atoms with Gasteiger partial charge in [-0.1, -0.05) is 45.9 Å². The van der Waals surface area contributed by atoms with Crippen LogP contribution in [-0.4, -0.2) is 169 Å². The number of imidazole rings is 2. The molecule has 0 aliphatic carbocycles. The molecular weight excluding hydrogens is 1070 g/mol. The lowest BCUT2D eigenvalue weighted by molar-refractivity contribution is -0.139. The Hall–Kier alpha value is -8.67. The van der Waals surface area contributed by atoms with Crippen molar-refractivity contribution in [2.75, 3.05) is 25.1 Å². The number of ketones is 1. The SMILES string of the molecule is CSCC[C@H](NC(=O)[C@H](CC(C)C)NC(=O)[C@H](Cc1cnc[nH]1)NC(=O)CNC(=O)[C@@H](NC(=O)[C@H](C)NC(=O)[C@H](Cc1c[nH]c2ccccc12)NC(=O)[C@H](Cc1cnc[nH]1)NC(=O)[C@H](CC(N)=O)NC(=O)CN)C(C)C)C(=O)C(N)=O. The van der Waals surface area contributed by atoms with E-state index in [1.54, 1.807) is 64.4 Å². The van der Waals surface area contributed by atoms with E-state index in [1.807, 2.05) is 0 Å². The molecule has 0 fully saturated rings. The number of amides is 11. The number of aromatic nitrogens is 5. The Balaban J connectivity index is 1.48. The number of nitrogens with zero attached hydrogens (tertiary/aromatic N) is 2. The standard InChI is InChI=1S/C51H73N17O12S/c1-25(2)13-34(47(76)64-33(11-12-81-6)43(72)44(54)73)65-48(77)36(15-29-20-55-23-59-29)63-41(71)22-58-51(80)42(26(3)4)68-45(74)27(5)61-46(75)35(14-28-19-57-32-10-8-7-9-31(28)32)66-49(78)37(16-30-21-56-24-60-30)67-50(79)38(17-39(53)69)62-40(70)18-52/h7-10,19-21,23-27,33-38,42,57H,11-18,22,52H2,1-6H3,(H2,53,69)(H2,54,73)(H,55,59)(H,56,60)(H,58,80)(H,61,75)(H,62,70)(H,63,71)(H,64,76)(H,65,77)(H,66,78)(H,67,79)(H,68,74)/t27-,33-,34-,35-,36-,37-,38-,42-/m0/s1. The van der Waals surface area contributed by atoms with Crippen LogP contribution in [0.3, 0.4) is 0 Å². The number of aromatic amines is 3. The summed E-state index contributed by atoms with van der Waals surface area (Å²) in [6, 6.07) is -3.68. The molecular formula is C51H73N17O12S. The minimum Gasteiger partial charge on any atom is -0.370 e. The molecule has 0 saturated heterocycles. The fraction of sp³-hybridized carbons (Fsp3) is 0.490. The lowest BCUT2D eigenvalue weighted by Gasteiger charge is -2.27. The first kappa shape index (κ1) is 64.9. The van der Waals surface area contributed by atoms with Crippen molar-refractivity contribution in [2.45, 2.75) is 121 Å². The van der Waals surface area contributed by atoms with Gasteiger partial charge < -0.3 is 80.0 Å². The number of benzene rings is 1. The summed E-state index contributed by atoms with van der Waals surface area (Å²) in [4.78, 5) is 176. The molecule has 11 amide bonds. The smallest absolute Gasteiger partial charge is 0.287 e. The fourth-order valence-corrected chi connectivity index (χ4v) is 8.70. The Kier molecular flexibility index (Phi) is 25.5. The minimum absolute atomic E-state index is 0.0961. The molecule has 0 saturated carbocycles. The molecule has 0 bridgehead atoms. The Morgan fingerprint density at radius 2 is 1.12 bits per heavy atom. The van der Waals surface area contributed by atoms with Crippen LogP contribution in [0.4, 0.5) is 0 Å². The third-order valence-electron chi connectivity index (χ3n) is 12.5. The predicted octanol–water partition coefficient (Wildman–Crippen LogP) is -4.00. The third kappa shape index (κ3) is 20.8. The average molecular weight is 1150 g/mol. The zero-order valence-corrected chi connectivity index (χ0v) is 46.6. The van der Waals surface area contributed by atoms with E-state index in [0.29, 0.717) is 33.6 Å². The van der Waals surface area contributed by atoms with Gasteiger partial charge in [-0.15, -0.1) is 0 Å². The van der Waals surface area contributed by atoms with Crippen LogP contribution in [0.25, 0.3) is 10.9 Å². The minimum atomic E-state index is -1.52. The maximum atomic E-state index is 14.3. The van der Waals surface area contributed by atoms with Crippen LogP contribution in [-0.2, 0) is 76.8 Å². The van der Waals surface area contributed by atoms with Gasteiger partial charge in [0.25, 0.3) is 5.91 Å². The fourth-order valence-electron chi connectivity index (χ4n) is 8.23. The first-order valence-electron chi connectivity index (χ1n) is 25.9. The number of thioether (sulfide) groups is 1. The van der Waals surface area contributed by atoms with Crippen LogP contribution in [0.1, 0.15) is 70.8 Å². The Labute approximate surface area is 470 Å². The second-order valence-electron chi connectivity index (χ2n) is 19.8. The van der Waals surface area contributed by atoms with Gasteiger partial charge in [0.15, 0.2) is 0 Å². The predicted molar refractivity (Wildman–Crippen MR) is 295 cm³/mol. The number of hydrogen-bond donors (Lipinski definition) is 15. The number of nitrogens with one attached hydrogen (secondary N) is 12. The molecule has 81 heavy (non-hydrogen) atoms. The highest BCUT2D eigenvalue weighted by Crippen LogP contribution is 2.20. The van der Waals surface area contributed by atoms with Gasteiger partial charge in [0.05, 0.1) is 38.2 Å². The van der Waals surface area contributed by atoms with E-state index < -0.39 is 145 Å². The number of para-hydroxylation sites is 1. The van der Waals surface area contributed by atoms with E-state index in [4.69, 9.17) is 17.2 Å². The van der Waals surface area contributed by atoms with Gasteiger partial charge in [0, 0.05) is 60.1 Å². The van der Waals surface area contributed by atoms with Gasteiger partial charge in [0.2, 0.25) is 64.9 Å². The summed E-state index contributed by atoms with van der Waals surface area (Å²) in [7, 11) is 0. The molecule has 30 heteroatoms. The van der Waals surface area contributed by atoms with Gasteiger partial charge in [0.1, 0.15) is 42.3 Å². The Morgan fingerprint density at radius 3 is 1.67 bits per heavy atom. The van der Waals surface area contributed by atoms with Crippen molar-refractivity contribution in [1.29, 1.82) is 0 Å². The van der Waals surface area contributed by atoms with E-state index in [-0.39, 0.29) is 38.0 Å². The second kappa shape index (κ2) is 31.8. The maximum absolute atomic E-state index is 14.3. The van der Waals surface area contributed by atoms with Crippen LogP contribution >= 0.6 is 11.8 Å². The lowest BCUT2D eigenvalue weighted by atomic mass is 10.0. The molecule has 3 aromatic heterocycles. The number of hydrogen-bond acceptors (Lipinski definition) is 16.